The minimum Gasteiger partial charge on any atom is -0.346 e. The van der Waals surface area contributed by atoms with E-state index in [1.165, 1.54) is 36.0 Å². The minimum atomic E-state index is -3.38. The van der Waals surface area contributed by atoms with Crippen molar-refractivity contribution in [2.75, 3.05) is 7.05 Å². The summed E-state index contributed by atoms with van der Waals surface area (Å²) < 4.78 is 40.8. The molecule has 0 bridgehead atoms. The van der Waals surface area contributed by atoms with Crippen LogP contribution in [0.3, 0.4) is 0 Å². The lowest BCUT2D eigenvalue weighted by molar-refractivity contribution is 0.0943. The van der Waals surface area contributed by atoms with Crippen molar-refractivity contribution in [2.24, 2.45) is 0 Å². The van der Waals surface area contributed by atoms with Gasteiger partial charge >= 0.3 is 0 Å². The van der Waals surface area contributed by atoms with Crippen molar-refractivity contribution in [1.82, 2.24) is 19.8 Å². The Labute approximate surface area is 178 Å². The first kappa shape index (κ1) is 22.3. The molecule has 0 aliphatic heterocycles. The van der Waals surface area contributed by atoms with E-state index in [2.05, 4.69) is 15.1 Å². The van der Waals surface area contributed by atoms with Gasteiger partial charge in [-0.2, -0.15) is 5.10 Å². The number of para-hydroxylation sites is 1. The van der Waals surface area contributed by atoms with Crippen molar-refractivity contribution < 1.29 is 17.6 Å². The van der Waals surface area contributed by atoms with Gasteiger partial charge in [0.05, 0.1) is 5.75 Å². The molecule has 10 heteroatoms. The van der Waals surface area contributed by atoms with Gasteiger partial charge in [0.1, 0.15) is 11.5 Å². The Morgan fingerprint density at radius 3 is 2.39 bits per heavy atom. The van der Waals surface area contributed by atoms with Gasteiger partial charge in [0.15, 0.2) is 5.69 Å². The molecule has 2 N–H and O–H groups in total. The van der Waals surface area contributed by atoms with E-state index in [9.17, 15) is 22.4 Å². The van der Waals surface area contributed by atoms with Gasteiger partial charge in [0, 0.05) is 18.3 Å². The van der Waals surface area contributed by atoms with Gasteiger partial charge in [-0.1, -0.05) is 36.4 Å². The number of halogens is 1. The normalized spacial score (nSPS) is 11.3. The average molecular weight is 444 g/mol. The summed E-state index contributed by atoms with van der Waals surface area (Å²) >= 11 is 0. The largest absolute Gasteiger partial charge is 0.346 e. The van der Waals surface area contributed by atoms with Gasteiger partial charge in [0.25, 0.3) is 5.91 Å². The first-order chi connectivity index (χ1) is 14.7. The van der Waals surface area contributed by atoms with Crippen LogP contribution in [0.25, 0.3) is 5.69 Å². The molecule has 0 unspecified atom stereocenters. The van der Waals surface area contributed by atoms with E-state index in [0.717, 1.165) is 0 Å². The number of benzene rings is 2. The maximum atomic E-state index is 14.1. The zero-order chi connectivity index (χ0) is 22.6. The zero-order valence-electron chi connectivity index (χ0n) is 16.9. The number of nitrogens with one attached hydrogen (secondary N) is 2. The third-order valence-corrected chi connectivity index (χ3v) is 5.88. The van der Waals surface area contributed by atoms with Crippen LogP contribution >= 0.6 is 0 Å². The zero-order valence-corrected chi connectivity index (χ0v) is 17.7. The number of rotatable bonds is 7. The summed E-state index contributed by atoms with van der Waals surface area (Å²) in [4.78, 5) is 24.8. The van der Waals surface area contributed by atoms with Crippen molar-refractivity contribution in [3.05, 3.63) is 93.2 Å². The summed E-state index contributed by atoms with van der Waals surface area (Å²) in [5, 5.41) is 6.67. The number of amides is 1. The molecule has 31 heavy (non-hydrogen) atoms. The van der Waals surface area contributed by atoms with Crippen molar-refractivity contribution >= 4 is 15.9 Å². The van der Waals surface area contributed by atoms with E-state index >= 15 is 0 Å². The molecule has 3 rings (SSSR count). The van der Waals surface area contributed by atoms with E-state index in [0.29, 0.717) is 16.8 Å². The monoisotopic (exact) mass is 444 g/mol. The summed E-state index contributed by atoms with van der Waals surface area (Å²) in [7, 11) is -2.03. The number of nitrogens with zero attached hydrogens (tertiary/aromatic N) is 2. The predicted octanol–water partition coefficient (Wildman–Crippen LogP) is 1.66. The highest BCUT2D eigenvalue weighted by atomic mass is 32.2. The Bertz CT molecular complexity index is 1270. The molecule has 0 radical (unpaired) electrons. The molecule has 1 amide bonds. The van der Waals surface area contributed by atoms with Crippen LogP contribution in [0.4, 0.5) is 4.39 Å². The third-order valence-electron chi connectivity index (χ3n) is 4.55. The van der Waals surface area contributed by atoms with Gasteiger partial charge in [-0.15, -0.1) is 0 Å². The van der Waals surface area contributed by atoms with Crippen molar-refractivity contribution in [1.29, 1.82) is 0 Å². The Balaban J connectivity index is 1.76. The van der Waals surface area contributed by atoms with Crippen LogP contribution in [0.5, 0.6) is 0 Å². The fourth-order valence-electron chi connectivity index (χ4n) is 2.88. The first-order valence-electron chi connectivity index (χ1n) is 9.33. The van der Waals surface area contributed by atoms with E-state index in [1.807, 2.05) is 0 Å². The molecule has 0 spiro atoms. The molecule has 2 aromatic carbocycles. The number of sulfonamides is 1. The molecule has 162 valence electrons. The summed E-state index contributed by atoms with van der Waals surface area (Å²) in [5.41, 5.74) is 0.888. The lowest BCUT2D eigenvalue weighted by atomic mass is 10.1. The van der Waals surface area contributed by atoms with Crippen LogP contribution in [0.2, 0.25) is 0 Å². The molecule has 8 nitrogen and oxygen atoms in total. The summed E-state index contributed by atoms with van der Waals surface area (Å²) in [6.07, 6.45) is 0. The predicted molar refractivity (Wildman–Crippen MR) is 114 cm³/mol. The van der Waals surface area contributed by atoms with Crippen molar-refractivity contribution in [3.8, 4) is 5.69 Å². The highest BCUT2D eigenvalue weighted by molar-refractivity contribution is 7.88. The SMILES string of the molecule is CNS(=O)(=O)Cc1ccc(CNC(=O)c2nn(-c3ccccc3F)c(C)cc2=O)cc1. The van der Waals surface area contributed by atoms with Gasteiger partial charge in [-0.25, -0.2) is 22.2 Å². The van der Waals surface area contributed by atoms with Gasteiger partial charge < -0.3 is 5.32 Å². The Hall–Kier alpha value is -3.37. The fourth-order valence-corrected chi connectivity index (χ4v) is 3.66. The van der Waals surface area contributed by atoms with Crippen LogP contribution in [0.15, 0.2) is 59.4 Å². The molecule has 1 aromatic heterocycles. The number of aromatic nitrogens is 2. The highest BCUT2D eigenvalue weighted by Gasteiger charge is 2.16. The van der Waals surface area contributed by atoms with Crippen LogP contribution in [0.1, 0.15) is 27.3 Å². The van der Waals surface area contributed by atoms with Gasteiger partial charge in [-0.05, 0) is 37.2 Å². The summed E-state index contributed by atoms with van der Waals surface area (Å²) in [5.74, 6) is -1.38. The maximum Gasteiger partial charge on any atom is 0.276 e. The Kier molecular flexibility index (Phi) is 6.62. The molecule has 0 saturated carbocycles. The lowest BCUT2D eigenvalue weighted by Gasteiger charge is -2.12. The van der Waals surface area contributed by atoms with E-state index in [-0.39, 0.29) is 23.7 Å². The van der Waals surface area contributed by atoms with Crippen LogP contribution in [-0.2, 0) is 22.3 Å². The molecule has 0 aliphatic carbocycles. The molecule has 0 saturated heterocycles. The van der Waals surface area contributed by atoms with Gasteiger partial charge in [-0.3, -0.25) is 9.59 Å². The smallest absolute Gasteiger partial charge is 0.276 e. The van der Waals surface area contributed by atoms with Crippen LogP contribution < -0.4 is 15.5 Å². The first-order valence-corrected chi connectivity index (χ1v) is 11.0. The Morgan fingerprint density at radius 1 is 1.10 bits per heavy atom. The molecule has 0 aliphatic rings. The van der Waals surface area contributed by atoms with Gasteiger partial charge in [0.2, 0.25) is 15.5 Å². The average Bonchev–Trinajstić information content (AvgIpc) is 2.74. The van der Waals surface area contributed by atoms with Crippen LogP contribution in [0, 0.1) is 12.7 Å². The van der Waals surface area contributed by atoms with E-state index in [4.69, 9.17) is 0 Å². The second-order valence-electron chi connectivity index (χ2n) is 6.82. The molecule has 0 atom stereocenters. The molecular formula is C21H21FN4O4S. The quantitative estimate of drug-likeness (QED) is 0.576. The molecule has 0 fully saturated rings. The number of aryl methyl sites for hydroxylation is 1. The van der Waals surface area contributed by atoms with Crippen molar-refractivity contribution in [3.63, 3.8) is 0 Å². The minimum absolute atomic E-state index is 0.104. The van der Waals surface area contributed by atoms with Crippen LogP contribution in [-0.4, -0.2) is 31.2 Å². The summed E-state index contributed by atoms with van der Waals surface area (Å²) in [6, 6.07) is 13.8. The standard InChI is InChI=1S/C21H21FN4O4S/c1-14-11-19(27)20(25-26(14)18-6-4-3-5-17(18)22)21(28)24-12-15-7-9-16(10-8-15)13-31(29,30)23-2/h3-11,23H,12-13H2,1-2H3,(H,24,28). The van der Waals surface area contributed by atoms with E-state index < -0.39 is 27.2 Å². The number of carbonyl (C=O) groups is 1. The molecular weight excluding hydrogens is 423 g/mol. The number of hydrogen-bond donors (Lipinski definition) is 2. The summed E-state index contributed by atoms with van der Waals surface area (Å²) in [6.45, 7) is 1.70. The van der Waals surface area contributed by atoms with Crippen molar-refractivity contribution in [2.45, 2.75) is 19.2 Å². The second-order valence-corrected chi connectivity index (χ2v) is 8.75. The number of hydrogen-bond acceptors (Lipinski definition) is 5. The molecule has 1 heterocycles. The Morgan fingerprint density at radius 2 is 1.74 bits per heavy atom. The molecule has 3 aromatic rings. The third kappa shape index (κ3) is 5.41. The van der Waals surface area contributed by atoms with E-state index in [1.54, 1.807) is 37.3 Å². The maximum absolute atomic E-state index is 14.1. The topological polar surface area (TPSA) is 110 Å². The number of carbonyl (C=O) groups excluding carboxylic acids is 1. The highest BCUT2D eigenvalue weighted by Crippen LogP contribution is 2.13. The fraction of sp³-hybridized carbons (Fsp3) is 0.190. The second kappa shape index (κ2) is 9.19. The lowest BCUT2D eigenvalue weighted by Crippen LogP contribution is -2.31.